The minimum atomic E-state index is -0.266. The number of halogens is 1. The fraction of sp³-hybridized carbons (Fsp3) is 0.533. The monoisotopic (exact) mass is 277 g/mol. The van der Waals surface area contributed by atoms with Gasteiger partial charge in [-0.3, -0.25) is 4.90 Å². The number of ether oxygens (including phenoxy) is 1. The number of hydrogen-bond donors (Lipinski definition) is 1. The molecule has 1 aromatic heterocycles. The van der Waals surface area contributed by atoms with Crippen molar-refractivity contribution in [1.29, 1.82) is 0 Å². The molecule has 2 aromatic rings. The molecule has 3 rings (SSSR count). The van der Waals surface area contributed by atoms with Crippen LogP contribution in [0.5, 0.6) is 0 Å². The zero-order valence-corrected chi connectivity index (χ0v) is 11.7. The van der Waals surface area contributed by atoms with Crippen molar-refractivity contribution in [2.45, 2.75) is 19.9 Å². The molecule has 1 aliphatic rings. The van der Waals surface area contributed by atoms with E-state index < -0.39 is 0 Å². The van der Waals surface area contributed by atoms with Gasteiger partial charge in [0, 0.05) is 13.2 Å². The van der Waals surface area contributed by atoms with E-state index in [1.807, 2.05) is 6.07 Å². The summed E-state index contributed by atoms with van der Waals surface area (Å²) in [5, 5.41) is 0. The Hall–Kier alpha value is -1.46. The zero-order valence-electron chi connectivity index (χ0n) is 11.7. The number of benzene rings is 1. The second-order valence-corrected chi connectivity index (χ2v) is 5.38. The largest absolute Gasteiger partial charge is 0.381 e. The van der Waals surface area contributed by atoms with E-state index in [4.69, 9.17) is 4.74 Å². The van der Waals surface area contributed by atoms with E-state index in [1.54, 1.807) is 6.07 Å². The number of fused-ring (bicyclic) bond motifs is 1. The summed E-state index contributed by atoms with van der Waals surface area (Å²) in [4.78, 5) is 9.90. The Morgan fingerprint density at radius 1 is 1.50 bits per heavy atom. The summed E-state index contributed by atoms with van der Waals surface area (Å²) in [7, 11) is 0. The molecule has 20 heavy (non-hydrogen) atoms. The summed E-state index contributed by atoms with van der Waals surface area (Å²) in [5.74, 6) is 1.17. The summed E-state index contributed by atoms with van der Waals surface area (Å²) in [6.45, 7) is 6.55. The minimum Gasteiger partial charge on any atom is -0.381 e. The number of hydrogen-bond acceptors (Lipinski definition) is 3. The molecule has 0 aliphatic carbocycles. The molecule has 0 unspecified atom stereocenters. The van der Waals surface area contributed by atoms with E-state index in [2.05, 4.69) is 21.8 Å². The van der Waals surface area contributed by atoms with Gasteiger partial charge in [0.2, 0.25) is 0 Å². The van der Waals surface area contributed by atoms with E-state index in [-0.39, 0.29) is 5.82 Å². The van der Waals surface area contributed by atoms with Crippen LogP contribution in [0.4, 0.5) is 4.39 Å². The van der Waals surface area contributed by atoms with Crippen LogP contribution < -0.4 is 0 Å². The summed E-state index contributed by atoms with van der Waals surface area (Å²) in [6.07, 6.45) is 1.13. The van der Waals surface area contributed by atoms with Gasteiger partial charge in [0.1, 0.15) is 11.3 Å². The van der Waals surface area contributed by atoms with Crippen molar-refractivity contribution in [1.82, 2.24) is 14.9 Å². The molecule has 1 atom stereocenters. The second kappa shape index (κ2) is 5.89. The van der Waals surface area contributed by atoms with Crippen LogP contribution in [0.1, 0.15) is 19.2 Å². The van der Waals surface area contributed by atoms with Gasteiger partial charge in [-0.2, -0.15) is 0 Å². The maximum absolute atomic E-state index is 13.6. The van der Waals surface area contributed by atoms with Crippen LogP contribution >= 0.6 is 0 Å². The number of nitrogens with zero attached hydrogens (tertiary/aromatic N) is 2. The third-order valence-electron chi connectivity index (χ3n) is 3.87. The summed E-state index contributed by atoms with van der Waals surface area (Å²) >= 11 is 0. The molecule has 1 fully saturated rings. The molecule has 0 radical (unpaired) electrons. The SMILES string of the molecule is CCN(Cc1nc2c(F)cccc2[nH]1)C[C@@H]1CCOC1. The first-order valence-corrected chi connectivity index (χ1v) is 7.19. The Morgan fingerprint density at radius 3 is 3.10 bits per heavy atom. The fourth-order valence-corrected chi connectivity index (χ4v) is 2.73. The minimum absolute atomic E-state index is 0.266. The number of aromatic amines is 1. The maximum atomic E-state index is 13.6. The highest BCUT2D eigenvalue weighted by Gasteiger charge is 2.19. The Morgan fingerprint density at radius 2 is 2.40 bits per heavy atom. The molecule has 1 aromatic carbocycles. The summed E-state index contributed by atoms with van der Waals surface area (Å²) in [5.41, 5.74) is 1.20. The predicted molar refractivity (Wildman–Crippen MR) is 75.9 cm³/mol. The lowest BCUT2D eigenvalue weighted by Crippen LogP contribution is -2.29. The van der Waals surface area contributed by atoms with Crippen LogP contribution in [0.15, 0.2) is 18.2 Å². The van der Waals surface area contributed by atoms with Gasteiger partial charge in [0.05, 0.1) is 18.7 Å². The number of rotatable bonds is 5. The molecule has 1 aliphatic heterocycles. The molecule has 5 heteroatoms. The lowest BCUT2D eigenvalue weighted by molar-refractivity contribution is 0.166. The van der Waals surface area contributed by atoms with E-state index in [0.29, 0.717) is 11.4 Å². The normalized spacial score (nSPS) is 19.2. The Kier molecular flexibility index (Phi) is 3.98. The lowest BCUT2D eigenvalue weighted by atomic mass is 10.1. The van der Waals surface area contributed by atoms with Gasteiger partial charge < -0.3 is 9.72 Å². The smallest absolute Gasteiger partial charge is 0.151 e. The van der Waals surface area contributed by atoms with Crippen molar-refractivity contribution in [3.05, 3.63) is 29.8 Å². The van der Waals surface area contributed by atoms with Crippen molar-refractivity contribution in [2.24, 2.45) is 5.92 Å². The number of imidazole rings is 1. The first-order valence-electron chi connectivity index (χ1n) is 7.19. The summed E-state index contributed by atoms with van der Waals surface area (Å²) < 4.78 is 19.1. The number of para-hydroxylation sites is 1. The molecule has 1 saturated heterocycles. The molecule has 0 saturated carbocycles. The van der Waals surface area contributed by atoms with E-state index in [9.17, 15) is 4.39 Å². The Labute approximate surface area is 117 Å². The lowest BCUT2D eigenvalue weighted by Gasteiger charge is -2.22. The topological polar surface area (TPSA) is 41.2 Å². The average molecular weight is 277 g/mol. The van der Waals surface area contributed by atoms with Crippen LogP contribution in [0.2, 0.25) is 0 Å². The molecule has 108 valence electrons. The van der Waals surface area contributed by atoms with Gasteiger partial charge in [-0.25, -0.2) is 9.37 Å². The van der Waals surface area contributed by atoms with Crippen molar-refractivity contribution in [2.75, 3.05) is 26.3 Å². The quantitative estimate of drug-likeness (QED) is 0.913. The molecule has 0 spiro atoms. The highest BCUT2D eigenvalue weighted by atomic mass is 19.1. The Bertz CT molecular complexity index is 578. The van der Waals surface area contributed by atoms with E-state index in [0.717, 1.165) is 50.6 Å². The van der Waals surface area contributed by atoms with Gasteiger partial charge in [0.15, 0.2) is 5.82 Å². The second-order valence-electron chi connectivity index (χ2n) is 5.38. The first kappa shape index (κ1) is 13.5. The molecule has 2 heterocycles. The third-order valence-corrected chi connectivity index (χ3v) is 3.87. The van der Waals surface area contributed by atoms with Crippen LogP contribution in [-0.4, -0.2) is 41.2 Å². The number of aromatic nitrogens is 2. The van der Waals surface area contributed by atoms with Gasteiger partial charge in [-0.15, -0.1) is 0 Å². The zero-order chi connectivity index (χ0) is 13.9. The molecule has 1 N–H and O–H groups in total. The number of H-pyrrole nitrogens is 1. The standard InChI is InChI=1S/C15H20FN3O/c1-2-19(8-11-6-7-20-10-11)9-14-17-13-5-3-4-12(16)15(13)18-14/h3-5,11H,2,6-10H2,1H3,(H,17,18)/t11-/m0/s1. The Balaban J connectivity index is 1.71. The third kappa shape index (κ3) is 2.83. The van der Waals surface area contributed by atoms with E-state index >= 15 is 0 Å². The maximum Gasteiger partial charge on any atom is 0.151 e. The van der Waals surface area contributed by atoms with Gasteiger partial charge in [-0.05, 0) is 31.0 Å². The predicted octanol–water partition coefficient (Wildman–Crippen LogP) is 2.56. The summed E-state index contributed by atoms with van der Waals surface area (Å²) in [6, 6.07) is 5.00. The molecule has 0 amide bonds. The van der Waals surface area contributed by atoms with Gasteiger partial charge in [0.25, 0.3) is 0 Å². The van der Waals surface area contributed by atoms with Crippen molar-refractivity contribution >= 4 is 11.0 Å². The van der Waals surface area contributed by atoms with Gasteiger partial charge in [-0.1, -0.05) is 13.0 Å². The van der Waals surface area contributed by atoms with Crippen LogP contribution in [0.25, 0.3) is 11.0 Å². The molecule has 0 bridgehead atoms. The first-order chi connectivity index (χ1) is 9.76. The van der Waals surface area contributed by atoms with Crippen molar-refractivity contribution in [3.8, 4) is 0 Å². The highest BCUT2D eigenvalue weighted by molar-refractivity contribution is 5.75. The van der Waals surface area contributed by atoms with Gasteiger partial charge >= 0.3 is 0 Å². The molecule has 4 nitrogen and oxygen atoms in total. The molecular weight excluding hydrogens is 257 g/mol. The highest BCUT2D eigenvalue weighted by Crippen LogP contribution is 2.18. The number of nitrogens with one attached hydrogen (secondary N) is 1. The van der Waals surface area contributed by atoms with Crippen LogP contribution in [0, 0.1) is 11.7 Å². The van der Waals surface area contributed by atoms with Crippen LogP contribution in [0.3, 0.4) is 0 Å². The van der Waals surface area contributed by atoms with Crippen molar-refractivity contribution < 1.29 is 9.13 Å². The van der Waals surface area contributed by atoms with Crippen LogP contribution in [-0.2, 0) is 11.3 Å². The average Bonchev–Trinajstić information content (AvgIpc) is 3.07. The van der Waals surface area contributed by atoms with E-state index in [1.165, 1.54) is 6.07 Å². The van der Waals surface area contributed by atoms with Crippen molar-refractivity contribution in [3.63, 3.8) is 0 Å². The molecular formula is C15H20FN3O. The fourth-order valence-electron chi connectivity index (χ4n) is 2.73.